The number of methoxy groups -OCH3 is 1. The predicted molar refractivity (Wildman–Crippen MR) is 114 cm³/mol. The van der Waals surface area contributed by atoms with Crippen molar-refractivity contribution in [1.82, 2.24) is 4.57 Å². The Kier molecular flexibility index (Phi) is 4.55. The molecule has 0 aliphatic carbocycles. The molecule has 0 atom stereocenters. The summed E-state index contributed by atoms with van der Waals surface area (Å²) in [5.74, 6) is 0.486. The molecule has 142 valence electrons. The molecule has 0 saturated heterocycles. The van der Waals surface area contributed by atoms with E-state index in [4.69, 9.17) is 10.5 Å². The Morgan fingerprint density at radius 3 is 2.50 bits per heavy atom. The van der Waals surface area contributed by atoms with Crippen molar-refractivity contribution in [2.45, 2.75) is 26.8 Å². The molecule has 0 fully saturated rings. The second kappa shape index (κ2) is 7.04. The molecule has 4 aromatic rings. The molecular formula is C24H24N2O2. The number of hydrogen-bond acceptors (Lipinski definition) is 2. The Labute approximate surface area is 164 Å². The van der Waals surface area contributed by atoms with Gasteiger partial charge in [-0.3, -0.25) is 4.79 Å². The van der Waals surface area contributed by atoms with E-state index in [-0.39, 0.29) is 0 Å². The standard InChI is InChI=1S/C24H24N2O2/c1-4-16-8-10-18-21(13-16)26(14-17-9-11-22(28-3)15(2)12-17)20-7-5-6-19(23(18)20)24(25)27/h5-13H,4,14H2,1-3H3,(H2,25,27). The van der Waals surface area contributed by atoms with Crippen LogP contribution in [-0.2, 0) is 13.0 Å². The molecule has 0 radical (unpaired) electrons. The van der Waals surface area contributed by atoms with Gasteiger partial charge in [0.1, 0.15) is 5.75 Å². The summed E-state index contributed by atoms with van der Waals surface area (Å²) in [5.41, 5.74) is 11.9. The van der Waals surface area contributed by atoms with Crippen molar-refractivity contribution in [3.8, 4) is 5.75 Å². The maximum Gasteiger partial charge on any atom is 0.249 e. The summed E-state index contributed by atoms with van der Waals surface area (Å²) >= 11 is 0. The van der Waals surface area contributed by atoms with Crippen LogP contribution in [0.4, 0.5) is 0 Å². The Morgan fingerprint density at radius 2 is 1.82 bits per heavy atom. The highest BCUT2D eigenvalue weighted by Gasteiger charge is 2.17. The molecule has 0 saturated carbocycles. The van der Waals surface area contributed by atoms with Crippen LogP contribution in [0, 0.1) is 6.92 Å². The summed E-state index contributed by atoms with van der Waals surface area (Å²) in [7, 11) is 1.69. The van der Waals surface area contributed by atoms with Crippen molar-refractivity contribution in [3.05, 3.63) is 76.9 Å². The van der Waals surface area contributed by atoms with Crippen molar-refractivity contribution in [2.24, 2.45) is 5.73 Å². The first-order valence-electron chi connectivity index (χ1n) is 9.50. The van der Waals surface area contributed by atoms with Gasteiger partial charge < -0.3 is 15.0 Å². The van der Waals surface area contributed by atoms with Crippen LogP contribution in [0.1, 0.15) is 34.0 Å². The summed E-state index contributed by atoms with van der Waals surface area (Å²) < 4.78 is 7.67. The van der Waals surface area contributed by atoms with E-state index in [0.717, 1.165) is 39.5 Å². The highest BCUT2D eigenvalue weighted by molar-refractivity contribution is 6.17. The molecule has 1 aromatic heterocycles. The number of amides is 1. The lowest BCUT2D eigenvalue weighted by atomic mass is 10.0. The minimum Gasteiger partial charge on any atom is -0.496 e. The van der Waals surface area contributed by atoms with Gasteiger partial charge >= 0.3 is 0 Å². The van der Waals surface area contributed by atoms with Crippen LogP contribution in [0.25, 0.3) is 21.8 Å². The highest BCUT2D eigenvalue weighted by Crippen LogP contribution is 2.33. The zero-order valence-corrected chi connectivity index (χ0v) is 16.5. The fraction of sp³-hybridized carbons (Fsp3) is 0.208. The number of fused-ring (bicyclic) bond motifs is 3. The van der Waals surface area contributed by atoms with Gasteiger partial charge in [0, 0.05) is 28.4 Å². The SMILES string of the molecule is CCc1ccc2c3c(C(N)=O)cccc3n(Cc3ccc(OC)c(C)c3)c2c1. The molecule has 3 aromatic carbocycles. The molecule has 0 spiro atoms. The molecule has 2 N–H and O–H groups in total. The van der Waals surface area contributed by atoms with Crippen molar-refractivity contribution < 1.29 is 9.53 Å². The van der Waals surface area contributed by atoms with Crippen LogP contribution in [0.3, 0.4) is 0 Å². The van der Waals surface area contributed by atoms with Crippen molar-refractivity contribution in [2.75, 3.05) is 7.11 Å². The molecule has 0 aliphatic rings. The number of aryl methyl sites for hydroxylation is 2. The molecule has 4 nitrogen and oxygen atoms in total. The summed E-state index contributed by atoms with van der Waals surface area (Å²) in [4.78, 5) is 12.1. The maximum absolute atomic E-state index is 12.1. The van der Waals surface area contributed by atoms with Crippen molar-refractivity contribution >= 4 is 27.7 Å². The maximum atomic E-state index is 12.1. The number of ether oxygens (including phenoxy) is 1. The van der Waals surface area contributed by atoms with Crippen molar-refractivity contribution in [1.29, 1.82) is 0 Å². The Bertz CT molecular complexity index is 1200. The Hall–Kier alpha value is -3.27. The van der Waals surface area contributed by atoms with E-state index in [9.17, 15) is 4.79 Å². The lowest BCUT2D eigenvalue weighted by molar-refractivity contribution is 0.100. The van der Waals surface area contributed by atoms with Crippen LogP contribution >= 0.6 is 0 Å². The van der Waals surface area contributed by atoms with Crippen molar-refractivity contribution in [3.63, 3.8) is 0 Å². The fourth-order valence-electron chi connectivity index (χ4n) is 4.01. The molecule has 0 bridgehead atoms. The van der Waals surface area contributed by atoms with Gasteiger partial charge in [-0.1, -0.05) is 37.3 Å². The second-order valence-electron chi connectivity index (χ2n) is 7.16. The minimum atomic E-state index is -0.399. The molecule has 28 heavy (non-hydrogen) atoms. The van der Waals surface area contributed by atoms with Gasteiger partial charge in [0.05, 0.1) is 12.6 Å². The van der Waals surface area contributed by atoms with E-state index in [1.807, 2.05) is 12.1 Å². The van der Waals surface area contributed by atoms with E-state index in [0.29, 0.717) is 12.1 Å². The number of carbonyl (C=O) groups is 1. The molecule has 1 heterocycles. The number of primary amides is 1. The topological polar surface area (TPSA) is 57.2 Å². The number of nitrogens with zero attached hydrogens (tertiary/aromatic N) is 1. The highest BCUT2D eigenvalue weighted by atomic mass is 16.5. The molecule has 4 heteroatoms. The second-order valence-corrected chi connectivity index (χ2v) is 7.16. The number of carbonyl (C=O) groups excluding carboxylic acids is 1. The van der Waals surface area contributed by atoms with Crippen LogP contribution in [0.5, 0.6) is 5.75 Å². The van der Waals surface area contributed by atoms with E-state index in [2.05, 4.69) is 54.8 Å². The average molecular weight is 372 g/mol. The lowest BCUT2D eigenvalue weighted by Crippen LogP contribution is -2.11. The largest absolute Gasteiger partial charge is 0.496 e. The third-order valence-corrected chi connectivity index (χ3v) is 5.43. The van der Waals surface area contributed by atoms with Crippen LogP contribution in [0.2, 0.25) is 0 Å². The Balaban J connectivity index is 1.98. The smallest absolute Gasteiger partial charge is 0.249 e. The number of aromatic nitrogens is 1. The number of hydrogen-bond donors (Lipinski definition) is 1. The van der Waals surface area contributed by atoms with E-state index >= 15 is 0 Å². The van der Waals surface area contributed by atoms with Crippen LogP contribution < -0.4 is 10.5 Å². The summed E-state index contributed by atoms with van der Waals surface area (Å²) in [6.45, 7) is 4.91. The zero-order valence-electron chi connectivity index (χ0n) is 16.5. The van der Waals surface area contributed by atoms with Gasteiger partial charge in [0.15, 0.2) is 0 Å². The van der Waals surface area contributed by atoms with Gasteiger partial charge in [-0.15, -0.1) is 0 Å². The molecule has 0 unspecified atom stereocenters. The number of benzene rings is 3. The first-order chi connectivity index (χ1) is 13.5. The van der Waals surface area contributed by atoms with Gasteiger partial charge in [-0.25, -0.2) is 0 Å². The normalized spacial score (nSPS) is 11.2. The first-order valence-corrected chi connectivity index (χ1v) is 9.50. The third-order valence-electron chi connectivity index (χ3n) is 5.43. The molecule has 0 aliphatic heterocycles. The molecular weight excluding hydrogens is 348 g/mol. The van der Waals surface area contributed by atoms with Gasteiger partial charge in [0.2, 0.25) is 5.91 Å². The summed E-state index contributed by atoms with van der Waals surface area (Å²) in [6.07, 6.45) is 0.960. The minimum absolute atomic E-state index is 0.399. The third kappa shape index (κ3) is 2.91. The monoisotopic (exact) mass is 372 g/mol. The van der Waals surface area contributed by atoms with E-state index < -0.39 is 5.91 Å². The first kappa shape index (κ1) is 18.1. The van der Waals surface area contributed by atoms with E-state index in [1.165, 1.54) is 11.1 Å². The molecule has 4 rings (SSSR count). The quantitative estimate of drug-likeness (QED) is 0.546. The van der Waals surface area contributed by atoms with Gasteiger partial charge in [-0.2, -0.15) is 0 Å². The molecule has 1 amide bonds. The Morgan fingerprint density at radius 1 is 1.04 bits per heavy atom. The predicted octanol–water partition coefficient (Wildman–Crippen LogP) is 4.82. The van der Waals surface area contributed by atoms with Gasteiger partial charge in [-0.05, 0) is 54.3 Å². The lowest BCUT2D eigenvalue weighted by Gasteiger charge is -2.11. The summed E-state index contributed by atoms with van der Waals surface area (Å²) in [5, 5.41) is 1.99. The number of rotatable bonds is 5. The zero-order chi connectivity index (χ0) is 19.8. The van der Waals surface area contributed by atoms with E-state index in [1.54, 1.807) is 13.2 Å². The van der Waals surface area contributed by atoms with Crippen LogP contribution in [-0.4, -0.2) is 17.6 Å². The van der Waals surface area contributed by atoms with Crippen LogP contribution in [0.15, 0.2) is 54.6 Å². The summed E-state index contributed by atoms with van der Waals surface area (Å²) in [6, 6.07) is 18.5. The average Bonchev–Trinajstić information content (AvgIpc) is 3.01. The fourth-order valence-corrected chi connectivity index (χ4v) is 4.01. The van der Waals surface area contributed by atoms with Gasteiger partial charge in [0.25, 0.3) is 0 Å². The number of nitrogens with two attached hydrogens (primary N) is 1.